The van der Waals surface area contributed by atoms with E-state index < -0.39 is 0 Å². The third-order valence-corrected chi connectivity index (χ3v) is 3.08. The summed E-state index contributed by atoms with van der Waals surface area (Å²) in [5, 5.41) is 3.04. The SMILES string of the molecule is CC(C)(NC(=O)c1ccnc(N)c1)C1CC1. The maximum absolute atomic E-state index is 12.0. The quantitative estimate of drug-likeness (QED) is 0.811. The number of nitrogens with two attached hydrogens (primary N) is 1. The molecular weight excluding hydrogens is 202 g/mol. The van der Waals surface area contributed by atoms with Crippen LogP contribution in [0.25, 0.3) is 0 Å². The molecule has 0 aliphatic heterocycles. The second-order valence-electron chi connectivity index (χ2n) is 4.92. The normalized spacial score (nSPS) is 15.9. The largest absolute Gasteiger partial charge is 0.384 e. The number of carbonyl (C=O) groups excluding carboxylic acids is 1. The van der Waals surface area contributed by atoms with Crippen LogP contribution in [0.5, 0.6) is 0 Å². The summed E-state index contributed by atoms with van der Waals surface area (Å²) in [7, 11) is 0. The third-order valence-electron chi connectivity index (χ3n) is 3.08. The molecule has 1 heterocycles. The molecule has 0 aromatic carbocycles. The Kier molecular flexibility index (Phi) is 2.58. The van der Waals surface area contributed by atoms with Crippen LogP contribution in [0.15, 0.2) is 18.3 Å². The molecule has 1 fully saturated rings. The van der Waals surface area contributed by atoms with Crippen LogP contribution in [0.3, 0.4) is 0 Å². The van der Waals surface area contributed by atoms with Crippen LogP contribution in [0, 0.1) is 5.92 Å². The molecule has 1 aliphatic carbocycles. The summed E-state index contributed by atoms with van der Waals surface area (Å²) < 4.78 is 0. The van der Waals surface area contributed by atoms with Gasteiger partial charge in [0.25, 0.3) is 5.91 Å². The van der Waals surface area contributed by atoms with Gasteiger partial charge in [-0.3, -0.25) is 4.79 Å². The smallest absolute Gasteiger partial charge is 0.251 e. The number of carbonyl (C=O) groups is 1. The second-order valence-corrected chi connectivity index (χ2v) is 4.92. The summed E-state index contributed by atoms with van der Waals surface area (Å²) in [6.45, 7) is 4.13. The summed E-state index contributed by atoms with van der Waals surface area (Å²) in [4.78, 5) is 15.8. The van der Waals surface area contributed by atoms with Gasteiger partial charge in [-0.1, -0.05) is 0 Å². The number of nitrogens with zero attached hydrogens (tertiary/aromatic N) is 1. The van der Waals surface area contributed by atoms with E-state index in [-0.39, 0.29) is 11.4 Å². The molecule has 3 N–H and O–H groups in total. The highest BCUT2D eigenvalue weighted by Crippen LogP contribution is 2.39. The van der Waals surface area contributed by atoms with Gasteiger partial charge in [-0.25, -0.2) is 4.98 Å². The predicted octanol–water partition coefficient (Wildman–Crippen LogP) is 1.58. The molecule has 1 aliphatic rings. The van der Waals surface area contributed by atoms with E-state index in [1.165, 1.54) is 12.8 Å². The molecule has 0 bridgehead atoms. The van der Waals surface area contributed by atoms with E-state index in [0.29, 0.717) is 17.3 Å². The van der Waals surface area contributed by atoms with E-state index in [1.807, 2.05) is 0 Å². The van der Waals surface area contributed by atoms with Crippen molar-refractivity contribution >= 4 is 11.7 Å². The van der Waals surface area contributed by atoms with Crippen LogP contribution in [-0.2, 0) is 0 Å². The third kappa shape index (κ3) is 2.32. The molecule has 0 spiro atoms. The number of anilines is 1. The number of amides is 1. The number of nitrogens with one attached hydrogen (secondary N) is 1. The fraction of sp³-hybridized carbons (Fsp3) is 0.500. The Morgan fingerprint density at radius 2 is 2.25 bits per heavy atom. The molecule has 4 heteroatoms. The van der Waals surface area contributed by atoms with Crippen molar-refractivity contribution < 1.29 is 4.79 Å². The van der Waals surface area contributed by atoms with Crippen LogP contribution in [-0.4, -0.2) is 16.4 Å². The Balaban J connectivity index is 2.08. The van der Waals surface area contributed by atoms with E-state index in [4.69, 9.17) is 5.73 Å². The van der Waals surface area contributed by atoms with Crippen molar-refractivity contribution in [1.82, 2.24) is 10.3 Å². The van der Waals surface area contributed by atoms with Gasteiger partial charge in [0.15, 0.2) is 0 Å². The van der Waals surface area contributed by atoms with E-state index in [9.17, 15) is 4.79 Å². The second kappa shape index (κ2) is 3.77. The Labute approximate surface area is 95.3 Å². The Morgan fingerprint density at radius 1 is 1.56 bits per heavy atom. The van der Waals surface area contributed by atoms with E-state index in [1.54, 1.807) is 18.3 Å². The number of nitrogen functional groups attached to an aromatic ring is 1. The zero-order chi connectivity index (χ0) is 11.8. The number of rotatable bonds is 3. The van der Waals surface area contributed by atoms with Crippen molar-refractivity contribution in [2.45, 2.75) is 32.2 Å². The first kappa shape index (κ1) is 10.9. The molecular formula is C12H17N3O. The Hall–Kier alpha value is -1.58. The zero-order valence-electron chi connectivity index (χ0n) is 9.66. The van der Waals surface area contributed by atoms with Gasteiger partial charge >= 0.3 is 0 Å². The Bertz CT molecular complexity index is 410. The average molecular weight is 219 g/mol. The van der Waals surface area contributed by atoms with Crippen LogP contribution >= 0.6 is 0 Å². The molecule has 0 radical (unpaired) electrons. The van der Waals surface area contributed by atoms with Gasteiger partial charge in [-0.2, -0.15) is 0 Å². The van der Waals surface area contributed by atoms with Crippen LogP contribution in [0.2, 0.25) is 0 Å². The van der Waals surface area contributed by atoms with Crippen molar-refractivity contribution in [2.24, 2.45) is 5.92 Å². The molecule has 4 nitrogen and oxygen atoms in total. The molecule has 1 amide bonds. The van der Waals surface area contributed by atoms with E-state index in [0.717, 1.165) is 0 Å². The lowest BCUT2D eigenvalue weighted by molar-refractivity contribution is 0.0903. The Morgan fingerprint density at radius 3 is 2.81 bits per heavy atom. The summed E-state index contributed by atoms with van der Waals surface area (Å²) >= 11 is 0. The molecule has 0 atom stereocenters. The van der Waals surface area contributed by atoms with Crippen molar-refractivity contribution in [1.29, 1.82) is 0 Å². The lowest BCUT2D eigenvalue weighted by atomic mass is 9.98. The average Bonchev–Trinajstić information content (AvgIpc) is 3.00. The van der Waals surface area contributed by atoms with Gasteiger partial charge in [0.1, 0.15) is 5.82 Å². The predicted molar refractivity (Wildman–Crippen MR) is 62.9 cm³/mol. The van der Waals surface area contributed by atoms with Crippen LogP contribution < -0.4 is 11.1 Å². The maximum atomic E-state index is 12.0. The number of aromatic nitrogens is 1. The van der Waals surface area contributed by atoms with Crippen molar-refractivity contribution in [3.8, 4) is 0 Å². The van der Waals surface area contributed by atoms with Gasteiger partial charge < -0.3 is 11.1 Å². The lowest BCUT2D eigenvalue weighted by Crippen LogP contribution is -2.45. The molecule has 1 aromatic heterocycles. The number of hydrogen-bond acceptors (Lipinski definition) is 3. The summed E-state index contributed by atoms with van der Waals surface area (Å²) in [6.07, 6.45) is 3.95. The monoisotopic (exact) mass is 219 g/mol. The minimum absolute atomic E-state index is 0.0778. The zero-order valence-corrected chi connectivity index (χ0v) is 9.66. The first-order chi connectivity index (χ1) is 7.49. The van der Waals surface area contributed by atoms with E-state index >= 15 is 0 Å². The summed E-state index contributed by atoms with van der Waals surface area (Å²) in [5.74, 6) is 0.901. The maximum Gasteiger partial charge on any atom is 0.251 e. The number of pyridine rings is 1. The van der Waals surface area contributed by atoms with Crippen molar-refractivity contribution in [3.63, 3.8) is 0 Å². The van der Waals surface area contributed by atoms with E-state index in [2.05, 4.69) is 24.1 Å². The van der Waals surface area contributed by atoms with Gasteiger partial charge in [0, 0.05) is 17.3 Å². The van der Waals surface area contributed by atoms with Gasteiger partial charge in [0.2, 0.25) is 0 Å². The molecule has 86 valence electrons. The molecule has 0 saturated heterocycles. The molecule has 1 aromatic rings. The summed E-state index contributed by atoms with van der Waals surface area (Å²) in [5.41, 5.74) is 5.98. The minimum Gasteiger partial charge on any atom is -0.384 e. The highest BCUT2D eigenvalue weighted by Gasteiger charge is 2.38. The first-order valence-electron chi connectivity index (χ1n) is 5.53. The summed E-state index contributed by atoms with van der Waals surface area (Å²) in [6, 6.07) is 3.27. The van der Waals surface area contributed by atoms with Crippen LogP contribution in [0.1, 0.15) is 37.0 Å². The first-order valence-corrected chi connectivity index (χ1v) is 5.53. The van der Waals surface area contributed by atoms with Crippen LogP contribution in [0.4, 0.5) is 5.82 Å². The topological polar surface area (TPSA) is 68.0 Å². The fourth-order valence-corrected chi connectivity index (χ4v) is 1.86. The lowest BCUT2D eigenvalue weighted by Gasteiger charge is -2.26. The van der Waals surface area contributed by atoms with Crippen molar-refractivity contribution in [3.05, 3.63) is 23.9 Å². The van der Waals surface area contributed by atoms with Gasteiger partial charge in [-0.15, -0.1) is 0 Å². The van der Waals surface area contributed by atoms with Gasteiger partial charge in [0.05, 0.1) is 0 Å². The molecule has 0 unspecified atom stereocenters. The molecule has 16 heavy (non-hydrogen) atoms. The minimum atomic E-state index is -0.130. The number of hydrogen-bond donors (Lipinski definition) is 2. The highest BCUT2D eigenvalue weighted by atomic mass is 16.1. The van der Waals surface area contributed by atoms with Crippen molar-refractivity contribution in [2.75, 3.05) is 5.73 Å². The standard InChI is InChI=1S/C12H17N3O/c1-12(2,9-3-4-9)15-11(16)8-5-6-14-10(13)7-8/h5-7,9H,3-4H2,1-2H3,(H2,13,14)(H,15,16). The fourth-order valence-electron chi connectivity index (χ4n) is 1.86. The highest BCUT2D eigenvalue weighted by molar-refractivity contribution is 5.95. The van der Waals surface area contributed by atoms with Gasteiger partial charge in [-0.05, 0) is 44.7 Å². The molecule has 1 saturated carbocycles. The molecule has 2 rings (SSSR count).